The third kappa shape index (κ3) is 4.81. The highest BCUT2D eigenvalue weighted by atomic mass is 16.6. The van der Waals surface area contributed by atoms with E-state index in [1.165, 1.54) is 18.2 Å². The molecule has 6 nitrogen and oxygen atoms in total. The Morgan fingerprint density at radius 3 is 1.96 bits per heavy atom. The molecule has 1 rings (SSSR count). The molecule has 0 aliphatic heterocycles. The molecule has 0 aliphatic rings. The van der Waals surface area contributed by atoms with Gasteiger partial charge in [0, 0.05) is 0 Å². The van der Waals surface area contributed by atoms with Crippen molar-refractivity contribution in [2.45, 2.75) is 41.0 Å². The molecule has 1 unspecified atom stereocenters. The molecule has 0 radical (unpaired) electrons. The second kappa shape index (κ2) is 8.14. The topological polar surface area (TPSA) is 89.9 Å². The number of ether oxygens (including phenoxy) is 2. The van der Waals surface area contributed by atoms with Crippen molar-refractivity contribution in [2.75, 3.05) is 13.2 Å². The lowest BCUT2D eigenvalue weighted by Crippen LogP contribution is -2.41. The lowest BCUT2D eigenvalue weighted by atomic mass is 9.66. The summed E-state index contributed by atoms with van der Waals surface area (Å²) in [5.41, 5.74) is -1.08. The molecular weight excluding hydrogens is 324 g/mol. The van der Waals surface area contributed by atoms with Gasteiger partial charge in [0.1, 0.15) is 13.2 Å². The molecule has 25 heavy (non-hydrogen) atoms. The Morgan fingerprint density at radius 1 is 0.960 bits per heavy atom. The predicted octanol–water partition coefficient (Wildman–Crippen LogP) is 3.55. The average Bonchev–Trinajstić information content (AvgIpc) is 2.56. The fourth-order valence-electron chi connectivity index (χ4n) is 2.33. The Kier molecular flexibility index (Phi) is 6.73. The normalized spacial score (nSPS) is 13.6. The first-order valence-corrected chi connectivity index (χ1v) is 8.21. The summed E-state index contributed by atoms with van der Waals surface area (Å²) < 4.78 is 10.3. The van der Waals surface area contributed by atoms with Gasteiger partial charge in [-0.3, -0.25) is 4.79 Å². The van der Waals surface area contributed by atoms with E-state index in [0.29, 0.717) is 6.42 Å². The summed E-state index contributed by atoms with van der Waals surface area (Å²) in [5.74, 6) is -2.31. The van der Waals surface area contributed by atoms with E-state index in [1.807, 2.05) is 34.6 Å². The van der Waals surface area contributed by atoms with Crippen LogP contribution in [-0.2, 0) is 14.3 Å². The van der Waals surface area contributed by atoms with Crippen molar-refractivity contribution < 1.29 is 29.0 Å². The third-order valence-corrected chi connectivity index (χ3v) is 4.74. The van der Waals surface area contributed by atoms with E-state index in [4.69, 9.17) is 14.6 Å². The minimum atomic E-state index is -1.21. The third-order valence-electron chi connectivity index (χ3n) is 4.74. The van der Waals surface area contributed by atoms with Gasteiger partial charge in [-0.25, -0.2) is 9.59 Å². The molecule has 0 saturated carbocycles. The average molecular weight is 350 g/mol. The summed E-state index contributed by atoms with van der Waals surface area (Å²) in [5, 5.41) is 9.07. The zero-order chi connectivity index (χ0) is 19.3. The van der Waals surface area contributed by atoms with Gasteiger partial charge >= 0.3 is 17.9 Å². The number of benzene rings is 1. The number of carboxylic acid groups (broad SMARTS) is 1. The number of carbonyl (C=O) groups is 3. The Balaban J connectivity index is 2.60. The molecule has 1 aromatic rings. The van der Waals surface area contributed by atoms with Crippen molar-refractivity contribution in [1.82, 2.24) is 0 Å². The molecule has 1 N–H and O–H groups in total. The molecule has 0 aromatic heterocycles. The second-order valence-corrected chi connectivity index (χ2v) is 7.06. The zero-order valence-corrected chi connectivity index (χ0v) is 15.4. The quantitative estimate of drug-likeness (QED) is 0.597. The number of rotatable bonds is 7. The molecule has 138 valence electrons. The first-order chi connectivity index (χ1) is 11.5. The van der Waals surface area contributed by atoms with Crippen LogP contribution < -0.4 is 0 Å². The SMILES string of the molecule is CCC(C)(C(=O)OCCOC(=O)c1ccccc1C(=O)O)C(C)(C)C. The lowest BCUT2D eigenvalue weighted by molar-refractivity contribution is -0.163. The predicted molar refractivity (Wildman–Crippen MR) is 92.5 cm³/mol. The van der Waals surface area contributed by atoms with E-state index in [0.717, 1.165) is 0 Å². The highest BCUT2D eigenvalue weighted by Gasteiger charge is 2.43. The van der Waals surface area contributed by atoms with Crippen molar-refractivity contribution in [2.24, 2.45) is 10.8 Å². The van der Waals surface area contributed by atoms with Crippen LogP contribution in [0.2, 0.25) is 0 Å². The van der Waals surface area contributed by atoms with Gasteiger partial charge in [-0.05, 0) is 30.9 Å². The van der Waals surface area contributed by atoms with Gasteiger partial charge in [-0.15, -0.1) is 0 Å². The van der Waals surface area contributed by atoms with Crippen LogP contribution in [0, 0.1) is 10.8 Å². The summed E-state index contributed by atoms with van der Waals surface area (Å²) in [7, 11) is 0. The van der Waals surface area contributed by atoms with E-state index in [2.05, 4.69) is 0 Å². The first-order valence-electron chi connectivity index (χ1n) is 8.21. The molecular formula is C19H26O6. The summed E-state index contributed by atoms with van der Waals surface area (Å²) in [6, 6.07) is 5.79. The summed E-state index contributed by atoms with van der Waals surface area (Å²) >= 11 is 0. The highest BCUT2D eigenvalue weighted by molar-refractivity contribution is 6.02. The monoisotopic (exact) mass is 350 g/mol. The van der Waals surface area contributed by atoms with Gasteiger partial charge in [0.2, 0.25) is 0 Å². The lowest BCUT2D eigenvalue weighted by Gasteiger charge is -2.38. The van der Waals surface area contributed by atoms with Gasteiger partial charge in [0.05, 0.1) is 16.5 Å². The van der Waals surface area contributed by atoms with E-state index < -0.39 is 17.4 Å². The van der Waals surface area contributed by atoms with Gasteiger partial charge < -0.3 is 14.6 Å². The summed E-state index contributed by atoms with van der Waals surface area (Å²) in [6.07, 6.45) is 0.626. The van der Waals surface area contributed by atoms with E-state index in [9.17, 15) is 14.4 Å². The molecule has 0 heterocycles. The van der Waals surface area contributed by atoms with Crippen molar-refractivity contribution in [3.8, 4) is 0 Å². The Bertz CT molecular complexity index is 644. The fourth-order valence-corrected chi connectivity index (χ4v) is 2.33. The maximum atomic E-state index is 12.4. The van der Waals surface area contributed by atoms with Crippen LogP contribution in [0.25, 0.3) is 0 Å². The first kappa shape index (κ1) is 20.7. The highest BCUT2D eigenvalue weighted by Crippen LogP contribution is 2.42. The van der Waals surface area contributed by atoms with Crippen molar-refractivity contribution in [1.29, 1.82) is 0 Å². The number of carboxylic acids is 1. The number of esters is 2. The van der Waals surface area contributed by atoms with E-state index in [1.54, 1.807) is 6.07 Å². The molecule has 0 fully saturated rings. The van der Waals surface area contributed by atoms with Crippen molar-refractivity contribution in [3.63, 3.8) is 0 Å². The van der Waals surface area contributed by atoms with Gasteiger partial charge in [0.15, 0.2) is 0 Å². The minimum absolute atomic E-state index is 0.0329. The van der Waals surface area contributed by atoms with Gasteiger partial charge in [-0.2, -0.15) is 0 Å². The Labute approximate surface area is 148 Å². The van der Waals surface area contributed by atoms with E-state index >= 15 is 0 Å². The molecule has 6 heteroatoms. The second-order valence-electron chi connectivity index (χ2n) is 7.06. The number of aromatic carboxylic acids is 1. The van der Waals surface area contributed by atoms with Crippen LogP contribution in [0.15, 0.2) is 24.3 Å². The summed E-state index contributed by atoms with van der Waals surface area (Å²) in [6.45, 7) is 9.48. The van der Waals surface area contributed by atoms with Crippen LogP contribution >= 0.6 is 0 Å². The zero-order valence-electron chi connectivity index (χ0n) is 15.4. The van der Waals surface area contributed by atoms with Gasteiger partial charge in [-0.1, -0.05) is 39.8 Å². The van der Waals surface area contributed by atoms with Crippen LogP contribution in [0.4, 0.5) is 0 Å². The Morgan fingerprint density at radius 2 is 1.48 bits per heavy atom. The van der Waals surface area contributed by atoms with Crippen molar-refractivity contribution >= 4 is 17.9 Å². The van der Waals surface area contributed by atoms with Crippen LogP contribution in [0.5, 0.6) is 0 Å². The molecule has 0 aliphatic carbocycles. The van der Waals surface area contributed by atoms with Crippen LogP contribution in [-0.4, -0.2) is 36.2 Å². The molecule has 0 bridgehead atoms. The van der Waals surface area contributed by atoms with Crippen molar-refractivity contribution in [3.05, 3.63) is 35.4 Å². The standard InChI is InChI=1S/C19H26O6/c1-6-19(5,18(2,3)4)17(23)25-12-11-24-16(22)14-10-8-7-9-13(14)15(20)21/h7-10H,6,11-12H2,1-5H3,(H,20,21). The molecule has 0 saturated heterocycles. The molecule has 1 atom stereocenters. The maximum absolute atomic E-state index is 12.4. The van der Waals surface area contributed by atoms with E-state index in [-0.39, 0.29) is 35.7 Å². The molecule has 0 amide bonds. The van der Waals surface area contributed by atoms with Crippen LogP contribution in [0.1, 0.15) is 61.8 Å². The summed E-state index contributed by atoms with van der Waals surface area (Å²) in [4.78, 5) is 35.5. The number of carbonyl (C=O) groups excluding carboxylic acids is 2. The van der Waals surface area contributed by atoms with Crippen LogP contribution in [0.3, 0.4) is 0 Å². The number of hydrogen-bond acceptors (Lipinski definition) is 5. The van der Waals surface area contributed by atoms with Gasteiger partial charge in [0.25, 0.3) is 0 Å². The maximum Gasteiger partial charge on any atom is 0.339 e. The molecule has 1 aromatic carbocycles. The Hall–Kier alpha value is -2.37. The minimum Gasteiger partial charge on any atom is -0.478 e. The largest absolute Gasteiger partial charge is 0.478 e. The number of hydrogen-bond donors (Lipinski definition) is 1. The smallest absolute Gasteiger partial charge is 0.339 e. The fraction of sp³-hybridized carbons (Fsp3) is 0.526. The molecule has 0 spiro atoms.